The molecular formula is C18H14Br2N4O2S. The lowest BCUT2D eigenvalue weighted by Crippen LogP contribution is -2.17. The van der Waals surface area contributed by atoms with E-state index in [-0.39, 0.29) is 0 Å². The van der Waals surface area contributed by atoms with Crippen LogP contribution < -0.4 is 14.8 Å². The van der Waals surface area contributed by atoms with Crippen molar-refractivity contribution in [1.29, 1.82) is 0 Å². The Morgan fingerprint density at radius 3 is 2.78 bits per heavy atom. The molecule has 9 heteroatoms. The van der Waals surface area contributed by atoms with Crippen molar-refractivity contribution in [3.05, 3.63) is 50.9 Å². The topological polar surface area (TPSA) is 69.2 Å². The number of fused-ring (bicyclic) bond motifs is 3. The predicted molar refractivity (Wildman–Crippen MR) is 112 cm³/mol. The van der Waals surface area contributed by atoms with E-state index in [1.165, 1.54) is 11.8 Å². The van der Waals surface area contributed by atoms with Gasteiger partial charge in [-0.3, -0.25) is 0 Å². The van der Waals surface area contributed by atoms with E-state index < -0.39 is 6.23 Å². The van der Waals surface area contributed by atoms with Gasteiger partial charge in [0.1, 0.15) is 5.75 Å². The van der Waals surface area contributed by atoms with Gasteiger partial charge in [0.25, 0.3) is 0 Å². The molecule has 0 spiro atoms. The van der Waals surface area contributed by atoms with Crippen LogP contribution in [0.2, 0.25) is 0 Å². The summed E-state index contributed by atoms with van der Waals surface area (Å²) in [6, 6.07) is 11.7. The lowest BCUT2D eigenvalue weighted by atomic mass is 10.1. The molecule has 6 nitrogen and oxygen atoms in total. The first-order chi connectivity index (χ1) is 13.1. The van der Waals surface area contributed by atoms with Crippen molar-refractivity contribution in [3.63, 3.8) is 0 Å². The van der Waals surface area contributed by atoms with Gasteiger partial charge in [-0.25, -0.2) is 0 Å². The molecule has 2 heterocycles. The molecule has 1 unspecified atom stereocenters. The minimum absolute atomic E-state index is 0.429. The molecule has 1 aliphatic rings. The smallest absolute Gasteiger partial charge is 0.247 e. The van der Waals surface area contributed by atoms with Gasteiger partial charge in [-0.1, -0.05) is 43.6 Å². The number of thioether (sulfide) groups is 1. The third-order valence-corrected chi connectivity index (χ3v) is 5.81. The van der Waals surface area contributed by atoms with Crippen molar-refractivity contribution >= 4 is 49.3 Å². The highest BCUT2D eigenvalue weighted by atomic mass is 79.9. The second kappa shape index (κ2) is 7.65. The van der Waals surface area contributed by atoms with Gasteiger partial charge >= 0.3 is 0 Å². The largest absolute Gasteiger partial charge is 0.497 e. The number of nitrogens with zero attached hydrogens (tertiary/aromatic N) is 3. The Kier molecular flexibility index (Phi) is 5.25. The Bertz CT molecular complexity index is 1020. The van der Waals surface area contributed by atoms with Crippen LogP contribution in [0.25, 0.3) is 11.3 Å². The van der Waals surface area contributed by atoms with Gasteiger partial charge in [0.15, 0.2) is 11.9 Å². The van der Waals surface area contributed by atoms with Crippen molar-refractivity contribution in [2.45, 2.75) is 11.4 Å². The third-order valence-electron chi connectivity index (χ3n) is 4.06. The van der Waals surface area contributed by atoms with Crippen LogP contribution in [0.3, 0.4) is 0 Å². The highest BCUT2D eigenvalue weighted by molar-refractivity contribution is 9.10. The number of methoxy groups -OCH3 is 1. The molecule has 0 aliphatic carbocycles. The molecule has 2 aromatic carbocycles. The van der Waals surface area contributed by atoms with Crippen LogP contribution in [0.5, 0.6) is 11.6 Å². The first-order valence-corrected chi connectivity index (χ1v) is 10.8. The molecule has 0 saturated carbocycles. The van der Waals surface area contributed by atoms with Crippen LogP contribution >= 0.6 is 43.6 Å². The summed E-state index contributed by atoms with van der Waals surface area (Å²) in [6.07, 6.45) is 1.42. The minimum atomic E-state index is -0.484. The Balaban J connectivity index is 1.89. The van der Waals surface area contributed by atoms with E-state index in [9.17, 15) is 0 Å². The highest BCUT2D eigenvalue weighted by Gasteiger charge is 2.27. The first-order valence-electron chi connectivity index (χ1n) is 7.94. The van der Waals surface area contributed by atoms with Gasteiger partial charge in [0, 0.05) is 25.8 Å². The zero-order valence-electron chi connectivity index (χ0n) is 14.4. The Morgan fingerprint density at radius 1 is 1.15 bits per heavy atom. The van der Waals surface area contributed by atoms with Crippen molar-refractivity contribution in [3.8, 4) is 22.9 Å². The van der Waals surface area contributed by atoms with Crippen LogP contribution in [-0.2, 0) is 0 Å². The Morgan fingerprint density at radius 2 is 2.00 bits per heavy atom. The summed E-state index contributed by atoms with van der Waals surface area (Å²) < 4.78 is 13.5. The summed E-state index contributed by atoms with van der Waals surface area (Å²) in [5, 5.41) is 12.5. The number of nitrogens with one attached hydrogen (secondary N) is 1. The second-order valence-electron chi connectivity index (χ2n) is 5.67. The lowest BCUT2D eigenvalue weighted by molar-refractivity contribution is 0.224. The molecular weight excluding hydrogens is 496 g/mol. The summed E-state index contributed by atoms with van der Waals surface area (Å²) in [5.74, 6) is 1.17. The van der Waals surface area contributed by atoms with Gasteiger partial charge in [0.05, 0.1) is 7.11 Å². The minimum Gasteiger partial charge on any atom is -0.497 e. The number of hydrogen-bond acceptors (Lipinski definition) is 7. The summed E-state index contributed by atoms with van der Waals surface area (Å²) in [7, 11) is 1.64. The molecule has 1 aromatic heterocycles. The van der Waals surface area contributed by atoms with Crippen LogP contribution in [0.15, 0.2) is 50.5 Å². The number of rotatable bonds is 3. The van der Waals surface area contributed by atoms with E-state index in [2.05, 4.69) is 52.4 Å². The van der Waals surface area contributed by atoms with Crippen LogP contribution in [0.4, 0.5) is 5.69 Å². The van der Waals surface area contributed by atoms with Gasteiger partial charge in [-0.2, -0.15) is 4.98 Å². The fourth-order valence-electron chi connectivity index (χ4n) is 2.75. The zero-order chi connectivity index (χ0) is 19.0. The van der Waals surface area contributed by atoms with E-state index in [0.29, 0.717) is 16.7 Å². The number of anilines is 1. The van der Waals surface area contributed by atoms with E-state index in [4.69, 9.17) is 9.47 Å². The maximum atomic E-state index is 6.25. The number of halogens is 2. The fourth-order valence-corrected chi connectivity index (χ4v) is 3.86. The molecule has 138 valence electrons. The van der Waals surface area contributed by atoms with E-state index in [0.717, 1.165) is 31.5 Å². The normalized spacial score (nSPS) is 15.0. The van der Waals surface area contributed by atoms with Crippen molar-refractivity contribution in [2.24, 2.45) is 0 Å². The van der Waals surface area contributed by atoms with E-state index in [1.54, 1.807) is 7.11 Å². The SMILES string of the molecule is COc1ccc(Br)c(C2Nc3ccc(Br)cc3-c3nnc(SC)nc3O2)c1. The lowest BCUT2D eigenvalue weighted by Gasteiger charge is -2.21. The molecule has 0 amide bonds. The molecule has 0 saturated heterocycles. The summed E-state index contributed by atoms with van der Waals surface area (Å²) >= 11 is 8.54. The van der Waals surface area contributed by atoms with Gasteiger partial charge < -0.3 is 14.8 Å². The second-order valence-corrected chi connectivity index (χ2v) is 8.22. The number of aromatic nitrogens is 3. The quantitative estimate of drug-likeness (QED) is 0.480. The zero-order valence-corrected chi connectivity index (χ0v) is 18.4. The molecule has 4 rings (SSSR count). The maximum absolute atomic E-state index is 6.25. The van der Waals surface area contributed by atoms with Crippen LogP contribution in [-0.4, -0.2) is 28.5 Å². The molecule has 0 radical (unpaired) electrons. The third kappa shape index (κ3) is 3.63. The van der Waals surface area contributed by atoms with E-state index in [1.807, 2.05) is 42.7 Å². The number of ether oxygens (including phenoxy) is 2. The van der Waals surface area contributed by atoms with Crippen molar-refractivity contribution in [1.82, 2.24) is 15.2 Å². The van der Waals surface area contributed by atoms with Gasteiger partial charge in [0.2, 0.25) is 11.0 Å². The van der Waals surface area contributed by atoms with Gasteiger partial charge in [-0.15, -0.1) is 10.2 Å². The molecule has 3 aromatic rings. The van der Waals surface area contributed by atoms with Crippen molar-refractivity contribution in [2.75, 3.05) is 18.7 Å². The molecule has 0 bridgehead atoms. The average molecular weight is 510 g/mol. The summed E-state index contributed by atoms with van der Waals surface area (Å²) in [5.41, 5.74) is 3.23. The molecule has 1 N–H and O–H groups in total. The summed E-state index contributed by atoms with van der Waals surface area (Å²) in [4.78, 5) is 4.53. The maximum Gasteiger partial charge on any atom is 0.247 e. The van der Waals surface area contributed by atoms with E-state index >= 15 is 0 Å². The van der Waals surface area contributed by atoms with Crippen molar-refractivity contribution < 1.29 is 9.47 Å². The molecule has 1 atom stereocenters. The number of benzene rings is 2. The van der Waals surface area contributed by atoms with Crippen LogP contribution in [0.1, 0.15) is 11.8 Å². The Hall–Kier alpha value is -1.84. The molecule has 1 aliphatic heterocycles. The summed E-state index contributed by atoms with van der Waals surface area (Å²) in [6.45, 7) is 0. The first kappa shape index (κ1) is 18.5. The number of hydrogen-bond donors (Lipinski definition) is 1. The fraction of sp³-hybridized carbons (Fsp3) is 0.167. The monoisotopic (exact) mass is 508 g/mol. The molecule has 0 fully saturated rings. The average Bonchev–Trinajstić information content (AvgIpc) is 2.84. The Labute approximate surface area is 177 Å². The van der Waals surface area contributed by atoms with Gasteiger partial charge in [-0.05, 0) is 42.7 Å². The van der Waals surface area contributed by atoms with Crippen LogP contribution in [0, 0.1) is 0 Å². The molecule has 27 heavy (non-hydrogen) atoms. The standard InChI is InChI=1S/C18H14Br2N4O2S/c1-25-10-4-5-13(20)11(8-10)16-21-14-6-3-9(19)7-12(14)15-17(26-16)22-18(27-2)24-23-15/h3-8,16,21H,1-2H3. The highest BCUT2D eigenvalue weighted by Crippen LogP contribution is 2.42. The predicted octanol–water partition coefficient (Wildman–Crippen LogP) is 5.30.